The summed E-state index contributed by atoms with van der Waals surface area (Å²) in [5, 5.41) is 13.1. The van der Waals surface area contributed by atoms with Crippen LogP contribution in [-0.4, -0.2) is 31.0 Å². The number of ether oxygens (including phenoxy) is 2. The molecule has 4 nitrogen and oxygen atoms in total. The fourth-order valence-electron chi connectivity index (χ4n) is 2.19. The maximum atomic E-state index is 9.80. The van der Waals surface area contributed by atoms with Crippen LogP contribution in [0.4, 0.5) is 0 Å². The summed E-state index contributed by atoms with van der Waals surface area (Å²) in [6, 6.07) is 5.94. The third-order valence-corrected chi connectivity index (χ3v) is 3.44. The van der Waals surface area contributed by atoms with Gasteiger partial charge in [-0.25, -0.2) is 0 Å². The molecule has 1 fully saturated rings. The quantitative estimate of drug-likeness (QED) is 0.767. The van der Waals surface area contributed by atoms with Crippen molar-refractivity contribution in [3.63, 3.8) is 0 Å². The molecule has 0 bridgehead atoms. The Morgan fingerprint density at radius 2 is 2.05 bits per heavy atom. The Balaban J connectivity index is 1.87. The molecular weight excluding hydrogens is 254 g/mol. The van der Waals surface area contributed by atoms with Crippen LogP contribution >= 0.6 is 0 Å². The molecule has 0 heterocycles. The van der Waals surface area contributed by atoms with Gasteiger partial charge < -0.3 is 19.9 Å². The van der Waals surface area contributed by atoms with Crippen molar-refractivity contribution in [2.45, 2.75) is 45.4 Å². The summed E-state index contributed by atoms with van der Waals surface area (Å²) in [5.74, 6) is 2.03. The summed E-state index contributed by atoms with van der Waals surface area (Å²) < 4.78 is 11.0. The summed E-state index contributed by atoms with van der Waals surface area (Å²) in [4.78, 5) is 0. The molecule has 1 atom stereocenters. The monoisotopic (exact) mass is 279 g/mol. The van der Waals surface area contributed by atoms with E-state index in [-0.39, 0.29) is 12.2 Å². The Morgan fingerprint density at radius 1 is 1.30 bits per heavy atom. The Kier molecular flexibility index (Phi) is 5.26. The van der Waals surface area contributed by atoms with E-state index in [2.05, 4.69) is 5.32 Å². The van der Waals surface area contributed by atoms with E-state index >= 15 is 0 Å². The van der Waals surface area contributed by atoms with E-state index in [1.165, 1.54) is 0 Å². The van der Waals surface area contributed by atoms with Crippen molar-refractivity contribution in [2.75, 3.05) is 13.7 Å². The third kappa shape index (κ3) is 4.39. The molecule has 1 aromatic carbocycles. The Hall–Kier alpha value is -1.26. The SMILES string of the molecule is COc1cc(CNCC(O)C2CC2)ccc1OC(C)C. The smallest absolute Gasteiger partial charge is 0.161 e. The first-order valence-electron chi connectivity index (χ1n) is 7.32. The van der Waals surface area contributed by atoms with Gasteiger partial charge in [0.05, 0.1) is 19.3 Å². The zero-order chi connectivity index (χ0) is 14.5. The molecule has 1 saturated carbocycles. The molecule has 4 heteroatoms. The molecule has 1 aromatic rings. The van der Waals surface area contributed by atoms with E-state index in [9.17, 15) is 5.11 Å². The highest BCUT2D eigenvalue weighted by molar-refractivity contribution is 5.43. The first-order valence-corrected chi connectivity index (χ1v) is 7.32. The zero-order valence-corrected chi connectivity index (χ0v) is 12.6. The fourth-order valence-corrected chi connectivity index (χ4v) is 2.19. The molecule has 0 aliphatic heterocycles. The lowest BCUT2D eigenvalue weighted by Crippen LogP contribution is -2.27. The number of aliphatic hydroxyl groups excluding tert-OH is 1. The van der Waals surface area contributed by atoms with Gasteiger partial charge in [0, 0.05) is 13.1 Å². The molecule has 1 unspecified atom stereocenters. The van der Waals surface area contributed by atoms with Crippen LogP contribution in [0.25, 0.3) is 0 Å². The molecule has 0 spiro atoms. The number of aliphatic hydroxyl groups is 1. The molecule has 112 valence electrons. The van der Waals surface area contributed by atoms with Gasteiger partial charge in [0.2, 0.25) is 0 Å². The van der Waals surface area contributed by atoms with Crippen LogP contribution in [0.3, 0.4) is 0 Å². The average molecular weight is 279 g/mol. The number of hydrogen-bond acceptors (Lipinski definition) is 4. The van der Waals surface area contributed by atoms with Gasteiger partial charge in [-0.1, -0.05) is 6.07 Å². The van der Waals surface area contributed by atoms with Gasteiger partial charge in [-0.05, 0) is 50.3 Å². The molecule has 2 N–H and O–H groups in total. The second-order valence-corrected chi connectivity index (χ2v) is 5.69. The molecule has 1 aliphatic carbocycles. The number of benzene rings is 1. The van der Waals surface area contributed by atoms with Gasteiger partial charge in [-0.3, -0.25) is 0 Å². The largest absolute Gasteiger partial charge is 0.493 e. The average Bonchev–Trinajstić information content (AvgIpc) is 3.24. The molecular formula is C16H25NO3. The lowest BCUT2D eigenvalue weighted by atomic mass is 10.2. The lowest BCUT2D eigenvalue weighted by molar-refractivity contribution is 0.148. The first kappa shape index (κ1) is 15.1. The van der Waals surface area contributed by atoms with E-state index in [1.807, 2.05) is 32.0 Å². The number of rotatable bonds is 8. The van der Waals surface area contributed by atoms with E-state index < -0.39 is 0 Å². The molecule has 0 aromatic heterocycles. The molecule has 0 saturated heterocycles. The Morgan fingerprint density at radius 3 is 2.65 bits per heavy atom. The molecule has 1 aliphatic rings. The van der Waals surface area contributed by atoms with Gasteiger partial charge in [0.1, 0.15) is 0 Å². The van der Waals surface area contributed by atoms with Crippen molar-refractivity contribution >= 4 is 0 Å². The van der Waals surface area contributed by atoms with Crippen LogP contribution in [0.5, 0.6) is 11.5 Å². The van der Waals surface area contributed by atoms with Crippen LogP contribution in [0.2, 0.25) is 0 Å². The standard InChI is InChI=1S/C16H25NO3/c1-11(2)20-15-7-4-12(8-16(15)19-3)9-17-10-14(18)13-5-6-13/h4,7-8,11,13-14,17-18H,5-6,9-10H2,1-3H3. The van der Waals surface area contributed by atoms with Crippen LogP contribution in [0.15, 0.2) is 18.2 Å². The summed E-state index contributed by atoms with van der Waals surface area (Å²) in [5.41, 5.74) is 1.13. The summed E-state index contributed by atoms with van der Waals surface area (Å²) in [6.07, 6.45) is 2.25. The van der Waals surface area contributed by atoms with Crippen LogP contribution in [-0.2, 0) is 6.54 Å². The van der Waals surface area contributed by atoms with Crippen molar-refractivity contribution in [2.24, 2.45) is 5.92 Å². The van der Waals surface area contributed by atoms with E-state index in [0.29, 0.717) is 12.5 Å². The second-order valence-electron chi connectivity index (χ2n) is 5.69. The summed E-state index contributed by atoms with van der Waals surface area (Å²) in [6.45, 7) is 5.36. The first-order chi connectivity index (χ1) is 9.60. The number of nitrogens with one attached hydrogen (secondary N) is 1. The molecule has 20 heavy (non-hydrogen) atoms. The predicted octanol–water partition coefficient (Wildman–Crippen LogP) is 2.34. The van der Waals surface area contributed by atoms with Crippen molar-refractivity contribution in [3.05, 3.63) is 23.8 Å². The topological polar surface area (TPSA) is 50.7 Å². The lowest BCUT2D eigenvalue weighted by Gasteiger charge is -2.15. The van der Waals surface area contributed by atoms with Crippen LogP contribution in [0, 0.1) is 5.92 Å². The Labute approximate surface area is 121 Å². The summed E-state index contributed by atoms with van der Waals surface area (Å²) in [7, 11) is 1.65. The van der Waals surface area contributed by atoms with Gasteiger partial charge in [-0.2, -0.15) is 0 Å². The maximum Gasteiger partial charge on any atom is 0.161 e. The van der Waals surface area contributed by atoms with Crippen molar-refractivity contribution in [1.82, 2.24) is 5.32 Å². The highest BCUT2D eigenvalue weighted by atomic mass is 16.5. The molecule has 0 amide bonds. The predicted molar refractivity (Wildman–Crippen MR) is 79.2 cm³/mol. The highest BCUT2D eigenvalue weighted by Gasteiger charge is 2.29. The van der Waals surface area contributed by atoms with Crippen molar-refractivity contribution in [3.8, 4) is 11.5 Å². The van der Waals surface area contributed by atoms with Crippen molar-refractivity contribution < 1.29 is 14.6 Å². The van der Waals surface area contributed by atoms with Gasteiger partial charge in [0.25, 0.3) is 0 Å². The minimum Gasteiger partial charge on any atom is -0.493 e. The van der Waals surface area contributed by atoms with Crippen molar-refractivity contribution in [1.29, 1.82) is 0 Å². The molecule has 2 rings (SSSR count). The maximum absolute atomic E-state index is 9.80. The number of methoxy groups -OCH3 is 1. The zero-order valence-electron chi connectivity index (χ0n) is 12.6. The highest BCUT2D eigenvalue weighted by Crippen LogP contribution is 2.32. The molecule has 0 radical (unpaired) electrons. The minimum atomic E-state index is -0.208. The van der Waals surface area contributed by atoms with E-state index in [4.69, 9.17) is 9.47 Å². The van der Waals surface area contributed by atoms with Crippen LogP contribution in [0.1, 0.15) is 32.3 Å². The van der Waals surface area contributed by atoms with Crippen LogP contribution < -0.4 is 14.8 Å². The van der Waals surface area contributed by atoms with Gasteiger partial charge in [-0.15, -0.1) is 0 Å². The minimum absolute atomic E-state index is 0.126. The van der Waals surface area contributed by atoms with Gasteiger partial charge in [0.15, 0.2) is 11.5 Å². The third-order valence-electron chi connectivity index (χ3n) is 3.44. The summed E-state index contributed by atoms with van der Waals surface area (Å²) >= 11 is 0. The van der Waals surface area contributed by atoms with E-state index in [1.54, 1.807) is 7.11 Å². The normalized spacial score (nSPS) is 16.2. The van der Waals surface area contributed by atoms with Gasteiger partial charge >= 0.3 is 0 Å². The number of hydrogen-bond donors (Lipinski definition) is 2. The second kappa shape index (κ2) is 6.95. The van der Waals surface area contributed by atoms with E-state index in [0.717, 1.165) is 36.4 Å². The Bertz CT molecular complexity index is 430. The fraction of sp³-hybridized carbons (Fsp3) is 0.625.